The van der Waals surface area contributed by atoms with Crippen LogP contribution >= 0.6 is 0 Å². The van der Waals surface area contributed by atoms with Gasteiger partial charge in [0.2, 0.25) is 5.43 Å². The lowest BCUT2D eigenvalue weighted by molar-refractivity contribution is 0.0524. The molecule has 0 unspecified atom stereocenters. The van der Waals surface area contributed by atoms with Gasteiger partial charge in [-0.05, 0) is 31.9 Å². The minimum absolute atomic E-state index is 0.0721. The van der Waals surface area contributed by atoms with Crippen molar-refractivity contribution in [2.75, 3.05) is 12.3 Å². The topological polar surface area (TPSA) is 74.3 Å². The Kier molecular flexibility index (Phi) is 4.37. The molecule has 5 nitrogen and oxygen atoms in total. The van der Waals surface area contributed by atoms with Gasteiger partial charge >= 0.3 is 5.97 Å². The van der Waals surface area contributed by atoms with E-state index < -0.39 is 5.97 Å². The summed E-state index contributed by atoms with van der Waals surface area (Å²) < 4.78 is 7.10. The number of ether oxygens (including phenoxy) is 1. The van der Waals surface area contributed by atoms with Gasteiger partial charge in [0.05, 0.1) is 17.5 Å². The van der Waals surface area contributed by atoms with Crippen molar-refractivity contribution in [3.8, 4) is 0 Å². The molecular formula is C18H22N2O3. The Bertz CT molecular complexity index is 789. The molecule has 1 heterocycles. The van der Waals surface area contributed by atoms with E-state index in [1.807, 2.05) is 12.1 Å². The number of esters is 1. The van der Waals surface area contributed by atoms with Crippen molar-refractivity contribution < 1.29 is 9.53 Å². The van der Waals surface area contributed by atoms with E-state index in [4.69, 9.17) is 10.5 Å². The van der Waals surface area contributed by atoms with Crippen LogP contribution in [0.25, 0.3) is 10.9 Å². The maximum absolute atomic E-state index is 12.7. The number of hydrogen-bond donors (Lipinski definition) is 1. The molecule has 0 spiro atoms. The predicted molar refractivity (Wildman–Crippen MR) is 90.7 cm³/mol. The molecule has 1 saturated carbocycles. The number of carbonyl (C=O) groups is 1. The highest BCUT2D eigenvalue weighted by Crippen LogP contribution is 2.31. The Morgan fingerprint density at radius 2 is 2.04 bits per heavy atom. The Morgan fingerprint density at radius 1 is 1.30 bits per heavy atom. The molecule has 5 heteroatoms. The smallest absolute Gasteiger partial charge is 0.343 e. The maximum atomic E-state index is 12.7. The van der Waals surface area contributed by atoms with Gasteiger partial charge in [-0.15, -0.1) is 0 Å². The number of nitrogens with zero attached hydrogens (tertiary/aromatic N) is 1. The first-order valence-electron chi connectivity index (χ1n) is 8.24. The molecular weight excluding hydrogens is 292 g/mol. The highest BCUT2D eigenvalue weighted by atomic mass is 16.5. The number of carbonyl (C=O) groups excluding carboxylic acids is 1. The number of fused-ring (bicyclic) bond motifs is 1. The van der Waals surface area contributed by atoms with Crippen molar-refractivity contribution in [2.24, 2.45) is 0 Å². The molecule has 1 aliphatic carbocycles. The number of aromatic nitrogens is 1. The molecule has 0 bridgehead atoms. The number of anilines is 1. The van der Waals surface area contributed by atoms with Gasteiger partial charge in [0, 0.05) is 17.9 Å². The zero-order valence-electron chi connectivity index (χ0n) is 13.4. The zero-order chi connectivity index (χ0) is 16.4. The third-order valence-electron chi connectivity index (χ3n) is 4.56. The van der Waals surface area contributed by atoms with Gasteiger partial charge in [-0.3, -0.25) is 4.79 Å². The molecule has 1 fully saturated rings. The van der Waals surface area contributed by atoms with E-state index in [2.05, 4.69) is 4.57 Å². The third-order valence-corrected chi connectivity index (χ3v) is 4.56. The second kappa shape index (κ2) is 6.44. The average molecular weight is 314 g/mol. The highest BCUT2D eigenvalue weighted by Gasteiger charge is 2.22. The second-order valence-electron chi connectivity index (χ2n) is 6.03. The molecule has 0 atom stereocenters. The number of pyridine rings is 1. The average Bonchev–Trinajstić information content (AvgIpc) is 2.56. The summed E-state index contributed by atoms with van der Waals surface area (Å²) in [5, 5.41) is 0.420. The minimum Gasteiger partial charge on any atom is -0.462 e. The van der Waals surface area contributed by atoms with Gasteiger partial charge in [0.1, 0.15) is 5.56 Å². The summed E-state index contributed by atoms with van der Waals surface area (Å²) in [5.74, 6) is -0.577. The molecule has 0 saturated heterocycles. The first-order valence-corrected chi connectivity index (χ1v) is 8.24. The number of benzene rings is 1. The summed E-state index contributed by atoms with van der Waals surface area (Å²) in [5.41, 5.74) is 6.97. The quantitative estimate of drug-likeness (QED) is 0.697. The van der Waals surface area contributed by atoms with Crippen LogP contribution in [0.2, 0.25) is 0 Å². The zero-order valence-corrected chi connectivity index (χ0v) is 13.4. The van der Waals surface area contributed by atoms with Gasteiger partial charge in [-0.25, -0.2) is 4.79 Å². The second-order valence-corrected chi connectivity index (χ2v) is 6.03. The molecule has 2 N–H and O–H groups in total. The van der Waals surface area contributed by atoms with Crippen LogP contribution < -0.4 is 11.2 Å². The normalized spacial score (nSPS) is 15.7. The standard InChI is InChI=1S/C18H22N2O3/c1-2-23-18(22)13-11-20(12-7-4-3-5-8-12)15-10-6-9-14(19)16(15)17(13)21/h6,9-12H,2-5,7-8,19H2,1H3. The lowest BCUT2D eigenvalue weighted by Crippen LogP contribution is -2.24. The van der Waals surface area contributed by atoms with Crippen LogP contribution in [0.1, 0.15) is 55.4 Å². The highest BCUT2D eigenvalue weighted by molar-refractivity contribution is 5.97. The molecule has 1 aromatic carbocycles. The molecule has 3 rings (SSSR count). The lowest BCUT2D eigenvalue weighted by atomic mass is 9.94. The Hall–Kier alpha value is -2.30. The fourth-order valence-electron chi connectivity index (χ4n) is 3.44. The number of nitrogen functional groups attached to an aromatic ring is 1. The van der Waals surface area contributed by atoms with Gasteiger partial charge in [0.25, 0.3) is 0 Å². The monoisotopic (exact) mass is 314 g/mol. The van der Waals surface area contributed by atoms with E-state index in [1.54, 1.807) is 19.2 Å². The molecule has 0 amide bonds. The van der Waals surface area contributed by atoms with Gasteiger partial charge in [-0.1, -0.05) is 25.3 Å². The van der Waals surface area contributed by atoms with E-state index in [0.29, 0.717) is 17.1 Å². The predicted octanol–water partition coefficient (Wildman–Crippen LogP) is 3.27. The number of rotatable bonds is 3. The summed E-state index contributed by atoms with van der Waals surface area (Å²) in [6, 6.07) is 5.74. The van der Waals surface area contributed by atoms with Crippen molar-refractivity contribution in [2.45, 2.75) is 45.1 Å². The van der Waals surface area contributed by atoms with E-state index in [-0.39, 0.29) is 17.6 Å². The van der Waals surface area contributed by atoms with E-state index in [1.165, 1.54) is 6.42 Å². The molecule has 1 aromatic heterocycles. The fraction of sp³-hybridized carbons (Fsp3) is 0.444. The van der Waals surface area contributed by atoms with Crippen molar-refractivity contribution in [1.82, 2.24) is 4.57 Å². The van der Waals surface area contributed by atoms with E-state index >= 15 is 0 Å². The van der Waals surface area contributed by atoms with Gasteiger partial charge < -0.3 is 15.0 Å². The minimum atomic E-state index is -0.577. The summed E-state index contributed by atoms with van der Waals surface area (Å²) in [6.45, 7) is 1.97. The summed E-state index contributed by atoms with van der Waals surface area (Å²) >= 11 is 0. The lowest BCUT2D eigenvalue weighted by Gasteiger charge is -2.27. The number of nitrogens with two attached hydrogens (primary N) is 1. The largest absolute Gasteiger partial charge is 0.462 e. The van der Waals surface area contributed by atoms with Crippen LogP contribution in [-0.4, -0.2) is 17.1 Å². The third kappa shape index (κ3) is 2.83. The Balaban J connectivity index is 2.25. The first-order chi connectivity index (χ1) is 11.1. The van der Waals surface area contributed by atoms with Crippen molar-refractivity contribution >= 4 is 22.6 Å². The SMILES string of the molecule is CCOC(=O)c1cn(C2CCCCC2)c2cccc(N)c2c1=O. The fourth-order valence-corrected chi connectivity index (χ4v) is 3.44. The van der Waals surface area contributed by atoms with Gasteiger partial charge in [0.15, 0.2) is 0 Å². The van der Waals surface area contributed by atoms with Crippen LogP contribution in [0.4, 0.5) is 5.69 Å². The molecule has 122 valence electrons. The van der Waals surface area contributed by atoms with Crippen LogP contribution in [0.3, 0.4) is 0 Å². The van der Waals surface area contributed by atoms with Crippen molar-refractivity contribution in [3.05, 3.63) is 40.2 Å². The molecule has 0 radical (unpaired) electrons. The van der Waals surface area contributed by atoms with E-state index in [9.17, 15) is 9.59 Å². The molecule has 1 aliphatic rings. The van der Waals surface area contributed by atoms with Crippen LogP contribution in [0, 0.1) is 0 Å². The van der Waals surface area contributed by atoms with Crippen LogP contribution in [0.5, 0.6) is 0 Å². The first kappa shape index (κ1) is 15.6. The molecule has 23 heavy (non-hydrogen) atoms. The number of hydrogen-bond acceptors (Lipinski definition) is 4. The van der Waals surface area contributed by atoms with Crippen LogP contribution in [-0.2, 0) is 4.74 Å². The molecule has 2 aromatic rings. The van der Waals surface area contributed by atoms with Crippen molar-refractivity contribution in [1.29, 1.82) is 0 Å². The van der Waals surface area contributed by atoms with Crippen LogP contribution in [0.15, 0.2) is 29.2 Å². The van der Waals surface area contributed by atoms with E-state index in [0.717, 1.165) is 31.2 Å². The summed E-state index contributed by atoms with van der Waals surface area (Å²) in [6.07, 6.45) is 7.33. The van der Waals surface area contributed by atoms with Gasteiger partial charge in [-0.2, -0.15) is 0 Å². The summed E-state index contributed by atoms with van der Waals surface area (Å²) in [7, 11) is 0. The Morgan fingerprint density at radius 3 is 2.74 bits per heavy atom. The molecule has 0 aliphatic heterocycles. The van der Waals surface area contributed by atoms with Crippen molar-refractivity contribution in [3.63, 3.8) is 0 Å². The Labute approximate surface area is 135 Å². The summed E-state index contributed by atoms with van der Waals surface area (Å²) in [4.78, 5) is 24.9. The maximum Gasteiger partial charge on any atom is 0.343 e.